The third-order valence-electron chi connectivity index (χ3n) is 6.83. The van der Waals surface area contributed by atoms with E-state index < -0.39 is 0 Å². The Labute approximate surface area is 169 Å². The number of ether oxygens (including phenoxy) is 1. The average Bonchev–Trinajstić information content (AvgIpc) is 3.06. The minimum atomic E-state index is 0.0744. The van der Waals surface area contributed by atoms with Gasteiger partial charge in [-0.1, -0.05) is 11.6 Å². The van der Waals surface area contributed by atoms with Crippen LogP contribution >= 0.6 is 11.6 Å². The fourth-order valence-electron chi connectivity index (χ4n) is 4.78. The van der Waals surface area contributed by atoms with Crippen LogP contribution in [0, 0.1) is 11.3 Å². The highest BCUT2D eigenvalue weighted by atomic mass is 35.5. The van der Waals surface area contributed by atoms with Gasteiger partial charge in [0.15, 0.2) is 5.58 Å². The highest BCUT2D eigenvalue weighted by Crippen LogP contribution is 2.45. The molecule has 1 aromatic carbocycles. The molecule has 1 spiro atoms. The van der Waals surface area contributed by atoms with Crippen molar-refractivity contribution in [2.75, 3.05) is 31.2 Å². The molecule has 3 aliphatic rings. The van der Waals surface area contributed by atoms with E-state index in [4.69, 9.17) is 20.8 Å². The minimum absolute atomic E-state index is 0.0744. The van der Waals surface area contributed by atoms with E-state index in [0.29, 0.717) is 35.7 Å². The Hall–Kier alpha value is -1.79. The van der Waals surface area contributed by atoms with Crippen LogP contribution in [0.25, 0.3) is 11.1 Å². The van der Waals surface area contributed by atoms with Gasteiger partial charge >= 0.3 is 0 Å². The van der Waals surface area contributed by atoms with Gasteiger partial charge in [-0.2, -0.15) is 4.98 Å². The molecule has 1 N–H and O–H groups in total. The lowest BCUT2D eigenvalue weighted by Crippen LogP contribution is -2.49. The number of amides is 1. The lowest BCUT2D eigenvalue weighted by molar-refractivity contribution is -0.140. The molecule has 1 aromatic heterocycles. The third kappa shape index (κ3) is 3.48. The number of carbonyl (C=O) groups excluding carboxylic acids is 1. The van der Waals surface area contributed by atoms with Crippen molar-refractivity contribution in [1.82, 2.24) is 10.3 Å². The summed E-state index contributed by atoms with van der Waals surface area (Å²) in [6, 6.07) is 6.60. The van der Waals surface area contributed by atoms with Crippen molar-refractivity contribution in [3.8, 4) is 0 Å². The van der Waals surface area contributed by atoms with E-state index in [0.717, 1.165) is 49.9 Å². The molecule has 2 aromatic rings. The summed E-state index contributed by atoms with van der Waals surface area (Å²) in [7, 11) is 0. The molecule has 0 bridgehead atoms. The Morgan fingerprint density at radius 1 is 1.18 bits per heavy atom. The van der Waals surface area contributed by atoms with E-state index in [2.05, 4.69) is 15.2 Å². The molecule has 5 rings (SSSR count). The fraction of sp³-hybridized carbons (Fsp3) is 0.619. The first kappa shape index (κ1) is 18.3. The lowest BCUT2D eigenvalue weighted by Gasteiger charge is -2.46. The van der Waals surface area contributed by atoms with Gasteiger partial charge in [0.25, 0.3) is 6.01 Å². The lowest BCUT2D eigenvalue weighted by atomic mass is 9.67. The number of benzene rings is 1. The van der Waals surface area contributed by atoms with Gasteiger partial charge in [-0.3, -0.25) is 4.79 Å². The Morgan fingerprint density at radius 3 is 2.61 bits per heavy atom. The summed E-state index contributed by atoms with van der Waals surface area (Å²) in [4.78, 5) is 19.0. The highest BCUT2D eigenvalue weighted by molar-refractivity contribution is 6.31. The number of carbonyl (C=O) groups is 1. The van der Waals surface area contributed by atoms with Crippen molar-refractivity contribution in [2.24, 2.45) is 11.3 Å². The van der Waals surface area contributed by atoms with Crippen LogP contribution in [0.2, 0.25) is 5.02 Å². The summed E-state index contributed by atoms with van der Waals surface area (Å²) in [5.74, 6) is 0.253. The summed E-state index contributed by atoms with van der Waals surface area (Å²) in [6.07, 6.45) is 6.86. The number of nitrogens with one attached hydrogen (secondary N) is 1. The maximum absolute atomic E-state index is 12.1. The number of piperidine rings is 1. The van der Waals surface area contributed by atoms with E-state index in [9.17, 15) is 4.79 Å². The van der Waals surface area contributed by atoms with Crippen molar-refractivity contribution >= 4 is 34.6 Å². The molecule has 1 aliphatic carbocycles. The maximum atomic E-state index is 12.1. The number of oxazole rings is 1. The molecular formula is C21H26ClN3O3. The van der Waals surface area contributed by atoms with Crippen LogP contribution in [0.1, 0.15) is 38.5 Å². The molecule has 0 radical (unpaired) electrons. The molecule has 1 saturated carbocycles. The van der Waals surface area contributed by atoms with Crippen LogP contribution in [-0.4, -0.2) is 43.2 Å². The number of fused-ring (bicyclic) bond motifs is 1. The molecule has 2 aliphatic heterocycles. The Balaban J connectivity index is 1.16. The van der Waals surface area contributed by atoms with Crippen LogP contribution in [0.3, 0.4) is 0 Å². The predicted octanol–water partition coefficient (Wildman–Crippen LogP) is 3.77. The molecule has 0 unspecified atom stereocenters. The molecule has 3 heterocycles. The second-order valence-corrected chi connectivity index (χ2v) is 9.05. The van der Waals surface area contributed by atoms with Crippen molar-refractivity contribution < 1.29 is 13.9 Å². The van der Waals surface area contributed by atoms with E-state index in [-0.39, 0.29) is 11.8 Å². The van der Waals surface area contributed by atoms with Gasteiger partial charge in [-0.15, -0.1) is 0 Å². The summed E-state index contributed by atoms with van der Waals surface area (Å²) in [5, 5.41) is 3.91. The number of rotatable bonds is 3. The van der Waals surface area contributed by atoms with Crippen LogP contribution in [0.4, 0.5) is 6.01 Å². The van der Waals surface area contributed by atoms with Crippen LogP contribution in [0.5, 0.6) is 0 Å². The first-order valence-electron chi connectivity index (χ1n) is 10.3. The quantitative estimate of drug-likeness (QED) is 0.844. The van der Waals surface area contributed by atoms with Crippen molar-refractivity contribution in [2.45, 2.75) is 44.6 Å². The van der Waals surface area contributed by atoms with Crippen LogP contribution in [-0.2, 0) is 9.53 Å². The highest BCUT2D eigenvalue weighted by Gasteiger charge is 2.39. The van der Waals surface area contributed by atoms with Crippen LogP contribution < -0.4 is 10.2 Å². The molecule has 7 heteroatoms. The second-order valence-electron chi connectivity index (χ2n) is 8.61. The Morgan fingerprint density at radius 2 is 1.93 bits per heavy atom. The number of nitrogens with zero attached hydrogens (tertiary/aromatic N) is 2. The zero-order chi connectivity index (χ0) is 19.1. The number of hydrogen-bond donors (Lipinski definition) is 1. The largest absolute Gasteiger partial charge is 0.423 e. The molecule has 28 heavy (non-hydrogen) atoms. The predicted molar refractivity (Wildman–Crippen MR) is 108 cm³/mol. The summed E-state index contributed by atoms with van der Waals surface area (Å²) in [5.41, 5.74) is 2.01. The zero-order valence-corrected chi connectivity index (χ0v) is 16.7. The normalized spacial score (nSPS) is 23.1. The summed E-state index contributed by atoms with van der Waals surface area (Å²) >= 11 is 6.06. The molecule has 2 saturated heterocycles. The number of aromatic nitrogens is 1. The monoisotopic (exact) mass is 403 g/mol. The van der Waals surface area contributed by atoms with E-state index in [1.807, 2.05) is 18.2 Å². The van der Waals surface area contributed by atoms with Gasteiger partial charge in [-0.25, -0.2) is 0 Å². The molecular weight excluding hydrogens is 378 g/mol. The average molecular weight is 404 g/mol. The van der Waals surface area contributed by atoms with Gasteiger partial charge in [-0.05, 0) is 62.1 Å². The first-order chi connectivity index (χ1) is 13.6. The molecule has 1 amide bonds. The molecule has 0 atom stereocenters. The first-order valence-corrected chi connectivity index (χ1v) is 10.7. The molecule has 150 valence electrons. The van der Waals surface area contributed by atoms with Gasteiger partial charge in [0.2, 0.25) is 5.91 Å². The van der Waals surface area contributed by atoms with E-state index in [1.54, 1.807) is 0 Å². The Bertz CT molecular complexity index is 861. The summed E-state index contributed by atoms with van der Waals surface area (Å²) < 4.78 is 11.1. The van der Waals surface area contributed by atoms with Crippen LogP contribution in [0.15, 0.2) is 22.6 Å². The molecule has 3 fully saturated rings. The van der Waals surface area contributed by atoms with Gasteiger partial charge in [0, 0.05) is 24.2 Å². The number of hydrogen-bond acceptors (Lipinski definition) is 5. The van der Waals surface area contributed by atoms with Crippen molar-refractivity contribution in [3.63, 3.8) is 0 Å². The van der Waals surface area contributed by atoms with Crippen molar-refractivity contribution in [3.05, 3.63) is 23.2 Å². The van der Waals surface area contributed by atoms with Crippen molar-refractivity contribution in [1.29, 1.82) is 0 Å². The zero-order valence-electron chi connectivity index (χ0n) is 16.0. The van der Waals surface area contributed by atoms with Gasteiger partial charge in [0.05, 0.1) is 19.1 Å². The third-order valence-corrected chi connectivity index (χ3v) is 7.07. The second kappa shape index (κ2) is 7.23. The topological polar surface area (TPSA) is 67.6 Å². The standard InChI is InChI=1S/C21H26ClN3O3/c22-15-1-2-18-17(11-15)24-20(28-18)25-9-7-21(8-10-25)5-3-16(4-6-21)23-19(26)14-12-27-13-14/h1-2,11,14,16H,3-10,12-13H2,(H,23,26). The summed E-state index contributed by atoms with van der Waals surface area (Å²) in [6.45, 7) is 3.11. The maximum Gasteiger partial charge on any atom is 0.298 e. The van der Waals surface area contributed by atoms with Gasteiger partial charge < -0.3 is 19.4 Å². The van der Waals surface area contributed by atoms with E-state index in [1.165, 1.54) is 12.8 Å². The fourth-order valence-corrected chi connectivity index (χ4v) is 4.94. The molecule has 6 nitrogen and oxygen atoms in total. The van der Waals surface area contributed by atoms with Gasteiger partial charge in [0.1, 0.15) is 5.52 Å². The number of anilines is 1. The minimum Gasteiger partial charge on any atom is -0.423 e. The Kier molecular flexibility index (Phi) is 4.71. The smallest absolute Gasteiger partial charge is 0.298 e. The van der Waals surface area contributed by atoms with E-state index >= 15 is 0 Å². The SMILES string of the molecule is O=C(NC1CCC2(CC1)CCN(c1nc3cc(Cl)ccc3o1)CC2)C1COC1. The number of halogens is 1.